The molecule has 0 aliphatic heterocycles. The first-order chi connectivity index (χ1) is 9.81. The molecule has 0 aliphatic carbocycles. The summed E-state index contributed by atoms with van der Waals surface area (Å²) in [4.78, 5) is 0. The van der Waals surface area contributed by atoms with Crippen LogP contribution in [0.1, 0.15) is 78.1 Å². The molecule has 0 rings (SSSR count). The van der Waals surface area contributed by atoms with Crippen molar-refractivity contribution in [3.05, 3.63) is 36.5 Å². The van der Waals surface area contributed by atoms with Crippen LogP contribution in [0, 0.1) is 0 Å². The van der Waals surface area contributed by atoms with E-state index in [0.29, 0.717) is 0 Å². The summed E-state index contributed by atoms with van der Waals surface area (Å²) in [6.07, 6.45) is 24.2. The monoisotopic (exact) mass is 278 g/mol. The Balaban J connectivity index is 3.49. The maximum absolute atomic E-state index is 9.74. The zero-order valence-electron chi connectivity index (χ0n) is 13.6. The molecule has 0 spiro atoms. The molecular weight excluding hydrogens is 244 g/mol. The van der Waals surface area contributed by atoms with Crippen LogP contribution in [-0.4, -0.2) is 11.2 Å². The molecule has 0 aliphatic rings. The van der Waals surface area contributed by atoms with Gasteiger partial charge >= 0.3 is 0 Å². The van der Waals surface area contributed by atoms with Gasteiger partial charge in [-0.3, -0.25) is 0 Å². The summed E-state index contributed by atoms with van der Waals surface area (Å²) in [6.45, 7) is 4.44. The largest absolute Gasteiger partial charge is 0.389 e. The van der Waals surface area contributed by atoms with Crippen molar-refractivity contribution in [3.8, 4) is 0 Å². The van der Waals surface area contributed by atoms with Crippen LogP contribution >= 0.6 is 0 Å². The first-order valence-electron chi connectivity index (χ1n) is 8.47. The van der Waals surface area contributed by atoms with E-state index in [4.69, 9.17) is 0 Å². The SMILES string of the molecule is CCCCCC=CCC=CC=C[C@@H](O)CCCCCC. The highest BCUT2D eigenvalue weighted by Gasteiger charge is 1.97. The predicted octanol–water partition coefficient (Wildman–Crippen LogP) is 5.96. The van der Waals surface area contributed by atoms with Crippen LogP contribution in [0.3, 0.4) is 0 Å². The average molecular weight is 278 g/mol. The lowest BCUT2D eigenvalue weighted by Crippen LogP contribution is -2.00. The zero-order chi connectivity index (χ0) is 14.9. The Labute approximate surface area is 126 Å². The molecule has 1 heteroatoms. The quantitative estimate of drug-likeness (QED) is 0.250. The molecule has 20 heavy (non-hydrogen) atoms. The van der Waals surface area contributed by atoms with Gasteiger partial charge in [0.1, 0.15) is 0 Å². The number of rotatable bonds is 13. The van der Waals surface area contributed by atoms with Gasteiger partial charge in [0.2, 0.25) is 0 Å². The van der Waals surface area contributed by atoms with Crippen molar-refractivity contribution in [1.29, 1.82) is 0 Å². The minimum absolute atomic E-state index is 0.277. The highest BCUT2D eigenvalue weighted by molar-refractivity contribution is 5.06. The van der Waals surface area contributed by atoms with Crippen LogP contribution in [0.25, 0.3) is 0 Å². The summed E-state index contributed by atoms with van der Waals surface area (Å²) in [5, 5.41) is 9.74. The van der Waals surface area contributed by atoms with Crippen LogP contribution in [0.4, 0.5) is 0 Å². The zero-order valence-corrected chi connectivity index (χ0v) is 13.6. The molecular formula is C19H34O. The van der Waals surface area contributed by atoms with Crippen molar-refractivity contribution in [1.82, 2.24) is 0 Å². The average Bonchev–Trinajstić information content (AvgIpc) is 2.45. The molecule has 0 amide bonds. The summed E-state index contributed by atoms with van der Waals surface area (Å²) < 4.78 is 0. The molecule has 1 atom stereocenters. The molecule has 116 valence electrons. The van der Waals surface area contributed by atoms with Gasteiger partial charge in [-0.1, -0.05) is 88.8 Å². The van der Waals surface area contributed by atoms with Crippen LogP contribution < -0.4 is 0 Å². The van der Waals surface area contributed by atoms with Gasteiger partial charge < -0.3 is 5.11 Å². The number of hydrogen-bond donors (Lipinski definition) is 1. The topological polar surface area (TPSA) is 20.2 Å². The Bertz CT molecular complexity index is 263. The molecule has 0 heterocycles. The number of allylic oxidation sites excluding steroid dienone is 5. The van der Waals surface area contributed by atoms with Crippen molar-refractivity contribution in [2.45, 2.75) is 84.2 Å². The van der Waals surface area contributed by atoms with Gasteiger partial charge in [-0.05, 0) is 25.7 Å². The lowest BCUT2D eigenvalue weighted by atomic mass is 10.1. The molecule has 0 fully saturated rings. The first-order valence-corrected chi connectivity index (χ1v) is 8.47. The summed E-state index contributed by atoms with van der Waals surface area (Å²) in [6, 6.07) is 0. The van der Waals surface area contributed by atoms with Gasteiger partial charge in [0, 0.05) is 0 Å². The Morgan fingerprint density at radius 3 is 2.30 bits per heavy atom. The van der Waals surface area contributed by atoms with Gasteiger partial charge in [0.05, 0.1) is 6.10 Å². The molecule has 0 aromatic heterocycles. The second-order valence-corrected chi connectivity index (χ2v) is 5.43. The number of aliphatic hydroxyl groups is 1. The third-order valence-electron chi connectivity index (χ3n) is 3.35. The van der Waals surface area contributed by atoms with Crippen molar-refractivity contribution < 1.29 is 5.11 Å². The molecule has 1 N–H and O–H groups in total. The lowest BCUT2D eigenvalue weighted by Gasteiger charge is -2.03. The fraction of sp³-hybridized carbons (Fsp3) is 0.684. The Morgan fingerprint density at radius 2 is 1.55 bits per heavy atom. The lowest BCUT2D eigenvalue weighted by molar-refractivity contribution is 0.208. The summed E-state index contributed by atoms with van der Waals surface area (Å²) in [7, 11) is 0. The molecule has 0 aromatic rings. The van der Waals surface area contributed by atoms with E-state index in [-0.39, 0.29) is 6.10 Å². The van der Waals surface area contributed by atoms with E-state index in [1.165, 1.54) is 44.9 Å². The molecule has 0 aromatic carbocycles. The van der Waals surface area contributed by atoms with E-state index in [1.807, 2.05) is 18.2 Å². The molecule has 0 radical (unpaired) electrons. The van der Waals surface area contributed by atoms with Crippen molar-refractivity contribution in [2.24, 2.45) is 0 Å². The molecule has 0 saturated heterocycles. The third kappa shape index (κ3) is 15.2. The first kappa shape index (κ1) is 19.2. The Hall–Kier alpha value is -0.820. The van der Waals surface area contributed by atoms with Gasteiger partial charge in [-0.15, -0.1) is 0 Å². The maximum atomic E-state index is 9.74. The fourth-order valence-corrected chi connectivity index (χ4v) is 2.03. The Kier molecular flexibility index (Phi) is 15.6. The maximum Gasteiger partial charge on any atom is 0.0723 e. The highest BCUT2D eigenvalue weighted by Crippen LogP contribution is 2.06. The van der Waals surface area contributed by atoms with Crippen molar-refractivity contribution in [3.63, 3.8) is 0 Å². The molecule has 1 nitrogen and oxygen atoms in total. The van der Waals surface area contributed by atoms with E-state index >= 15 is 0 Å². The summed E-state index contributed by atoms with van der Waals surface area (Å²) in [5.74, 6) is 0. The van der Waals surface area contributed by atoms with Crippen molar-refractivity contribution >= 4 is 0 Å². The van der Waals surface area contributed by atoms with E-state index < -0.39 is 0 Å². The smallest absolute Gasteiger partial charge is 0.0723 e. The second kappa shape index (κ2) is 16.2. The minimum Gasteiger partial charge on any atom is -0.389 e. The Morgan fingerprint density at radius 1 is 0.800 bits per heavy atom. The fourth-order valence-electron chi connectivity index (χ4n) is 2.03. The third-order valence-corrected chi connectivity index (χ3v) is 3.35. The van der Waals surface area contributed by atoms with E-state index in [2.05, 4.69) is 32.1 Å². The van der Waals surface area contributed by atoms with Crippen molar-refractivity contribution in [2.75, 3.05) is 0 Å². The standard InChI is InChI=1S/C19H34O/c1-3-5-7-9-10-11-12-13-14-16-18-19(20)17-15-8-6-4-2/h10-11,13-14,16,18-20H,3-9,12,15,17H2,1-2H3/t19-/m0/s1. The van der Waals surface area contributed by atoms with Crippen LogP contribution in [0.15, 0.2) is 36.5 Å². The van der Waals surface area contributed by atoms with E-state index in [0.717, 1.165) is 19.3 Å². The van der Waals surface area contributed by atoms with Crippen LogP contribution in [-0.2, 0) is 0 Å². The van der Waals surface area contributed by atoms with Gasteiger partial charge in [-0.2, -0.15) is 0 Å². The van der Waals surface area contributed by atoms with E-state index in [9.17, 15) is 5.11 Å². The summed E-state index contributed by atoms with van der Waals surface area (Å²) >= 11 is 0. The minimum atomic E-state index is -0.277. The van der Waals surface area contributed by atoms with Gasteiger partial charge in [0.15, 0.2) is 0 Å². The number of hydrogen-bond acceptors (Lipinski definition) is 1. The summed E-state index contributed by atoms with van der Waals surface area (Å²) in [5.41, 5.74) is 0. The van der Waals surface area contributed by atoms with Gasteiger partial charge in [-0.25, -0.2) is 0 Å². The van der Waals surface area contributed by atoms with Gasteiger partial charge in [0.25, 0.3) is 0 Å². The van der Waals surface area contributed by atoms with Crippen LogP contribution in [0.2, 0.25) is 0 Å². The van der Waals surface area contributed by atoms with Crippen LogP contribution in [0.5, 0.6) is 0 Å². The second-order valence-electron chi connectivity index (χ2n) is 5.43. The molecule has 0 bridgehead atoms. The predicted molar refractivity (Wildman–Crippen MR) is 90.9 cm³/mol. The normalized spacial score (nSPS) is 13.9. The molecule has 0 unspecified atom stereocenters. The highest BCUT2D eigenvalue weighted by atomic mass is 16.3. The number of aliphatic hydroxyl groups excluding tert-OH is 1. The number of unbranched alkanes of at least 4 members (excludes halogenated alkanes) is 6. The molecule has 0 saturated carbocycles. The van der Waals surface area contributed by atoms with E-state index in [1.54, 1.807) is 0 Å².